The molecule has 0 fully saturated rings. The molecule has 2 aromatic carbocycles. The predicted octanol–water partition coefficient (Wildman–Crippen LogP) is 3.34. The number of carbonyl (C=O) groups excluding carboxylic acids is 1. The van der Waals surface area contributed by atoms with E-state index >= 15 is 0 Å². The maximum absolute atomic E-state index is 12.3. The van der Waals surface area contributed by atoms with Crippen LogP contribution in [0.3, 0.4) is 0 Å². The van der Waals surface area contributed by atoms with E-state index in [0.717, 1.165) is 21.1 Å². The molecule has 2 N–H and O–H groups in total. The highest BCUT2D eigenvalue weighted by Gasteiger charge is 2.19. The van der Waals surface area contributed by atoms with Crippen molar-refractivity contribution in [3.8, 4) is 5.69 Å². The van der Waals surface area contributed by atoms with E-state index in [1.54, 1.807) is 6.33 Å². The number of H-pyrrole nitrogens is 1. The molecule has 0 bridgehead atoms. The van der Waals surface area contributed by atoms with Gasteiger partial charge < -0.3 is 5.32 Å². The average Bonchev–Trinajstić information content (AvgIpc) is 3.26. The summed E-state index contributed by atoms with van der Waals surface area (Å²) in [6.07, 6.45) is 1.61. The van der Waals surface area contributed by atoms with Crippen LogP contribution in [0.25, 0.3) is 15.9 Å². The van der Waals surface area contributed by atoms with Gasteiger partial charge in [-0.1, -0.05) is 35.6 Å². The van der Waals surface area contributed by atoms with Gasteiger partial charge in [0.15, 0.2) is 10.8 Å². The minimum Gasteiger partial charge on any atom is -0.301 e. The van der Waals surface area contributed by atoms with Crippen molar-refractivity contribution < 1.29 is 9.48 Å². The fourth-order valence-electron chi connectivity index (χ4n) is 2.49. The highest BCUT2D eigenvalue weighted by Crippen LogP contribution is 2.26. The standard InChI is InChI=1S/C18H15N5OS2/c1-12-7-8-14-15(9-12)26-17(21-14)22-16(24)10-25-18-19-11-20-23(18)13-5-3-2-4-6-13/h2-9,11H,10H2,1H3,(H,21,22,24)/p+1. The van der Waals surface area contributed by atoms with Crippen LogP contribution in [0.2, 0.25) is 0 Å². The zero-order valence-electron chi connectivity index (χ0n) is 14.0. The lowest BCUT2D eigenvalue weighted by atomic mass is 10.2. The Morgan fingerprint density at radius 1 is 1.27 bits per heavy atom. The molecule has 0 saturated heterocycles. The second-order valence-corrected chi connectivity index (χ2v) is 7.64. The molecule has 0 radical (unpaired) electrons. The largest absolute Gasteiger partial charge is 0.385 e. The highest BCUT2D eigenvalue weighted by atomic mass is 32.2. The zero-order valence-corrected chi connectivity index (χ0v) is 15.6. The van der Waals surface area contributed by atoms with E-state index < -0.39 is 0 Å². The van der Waals surface area contributed by atoms with Gasteiger partial charge in [0.2, 0.25) is 12.2 Å². The van der Waals surface area contributed by atoms with Crippen molar-refractivity contribution in [2.75, 3.05) is 11.1 Å². The summed E-state index contributed by atoms with van der Waals surface area (Å²) in [7, 11) is 0. The number of benzene rings is 2. The molecule has 4 aromatic rings. The molecule has 2 heterocycles. The Bertz CT molecular complexity index is 1060. The number of thiazole rings is 1. The van der Waals surface area contributed by atoms with Crippen molar-refractivity contribution in [2.45, 2.75) is 12.1 Å². The lowest BCUT2D eigenvalue weighted by molar-refractivity contribution is -0.694. The second-order valence-electron chi connectivity index (χ2n) is 5.67. The Hall–Kier alpha value is -2.71. The van der Waals surface area contributed by atoms with Gasteiger partial charge in [0.25, 0.3) is 0 Å². The number of hydrogen-bond donors (Lipinski definition) is 2. The van der Waals surface area contributed by atoms with Gasteiger partial charge in [-0.05, 0) is 53.5 Å². The number of aromatic amines is 1. The monoisotopic (exact) mass is 382 g/mol. The molecule has 0 aliphatic rings. The first-order chi connectivity index (χ1) is 12.7. The van der Waals surface area contributed by atoms with E-state index in [-0.39, 0.29) is 11.7 Å². The van der Waals surface area contributed by atoms with Crippen molar-refractivity contribution in [1.82, 2.24) is 15.1 Å². The number of amides is 1. The number of para-hydroxylation sites is 1. The molecule has 130 valence electrons. The molecular formula is C18H16N5OS2+. The first-order valence-corrected chi connectivity index (χ1v) is 9.80. The van der Waals surface area contributed by atoms with Gasteiger partial charge in [-0.2, -0.15) is 5.10 Å². The molecule has 0 atom stereocenters. The van der Waals surface area contributed by atoms with E-state index in [9.17, 15) is 4.79 Å². The predicted molar refractivity (Wildman–Crippen MR) is 104 cm³/mol. The highest BCUT2D eigenvalue weighted by molar-refractivity contribution is 7.99. The molecular weight excluding hydrogens is 366 g/mol. The van der Waals surface area contributed by atoms with Crippen molar-refractivity contribution in [1.29, 1.82) is 0 Å². The quantitative estimate of drug-likeness (QED) is 0.410. The van der Waals surface area contributed by atoms with Crippen LogP contribution in [0.15, 0.2) is 60.0 Å². The van der Waals surface area contributed by atoms with Crippen LogP contribution in [0, 0.1) is 6.92 Å². The number of nitrogens with one attached hydrogen (secondary N) is 2. The Morgan fingerprint density at radius 2 is 2.12 bits per heavy atom. The molecule has 0 aliphatic carbocycles. The fourth-order valence-corrected chi connectivity index (χ4v) is 4.22. The number of fused-ring (bicyclic) bond motifs is 1. The molecule has 26 heavy (non-hydrogen) atoms. The maximum atomic E-state index is 12.3. The normalized spacial score (nSPS) is 11.0. The number of aryl methyl sites for hydroxylation is 1. The Morgan fingerprint density at radius 3 is 2.96 bits per heavy atom. The van der Waals surface area contributed by atoms with Crippen LogP contribution in [0.1, 0.15) is 5.56 Å². The number of rotatable bonds is 5. The average molecular weight is 382 g/mol. The molecule has 0 spiro atoms. The topological polar surface area (TPSA) is 74.5 Å². The summed E-state index contributed by atoms with van der Waals surface area (Å²) in [4.78, 5) is 21.0. The lowest BCUT2D eigenvalue weighted by Gasteiger charge is -1.99. The van der Waals surface area contributed by atoms with Gasteiger partial charge in [-0.3, -0.25) is 4.79 Å². The second kappa shape index (κ2) is 7.27. The minimum atomic E-state index is -0.103. The summed E-state index contributed by atoms with van der Waals surface area (Å²) in [5.41, 5.74) is 3.05. The number of carbonyl (C=O) groups is 1. The van der Waals surface area contributed by atoms with Gasteiger partial charge in [-0.25, -0.2) is 4.98 Å². The van der Waals surface area contributed by atoms with Gasteiger partial charge in [0.1, 0.15) is 0 Å². The van der Waals surface area contributed by atoms with Crippen molar-refractivity contribution >= 4 is 44.4 Å². The van der Waals surface area contributed by atoms with Gasteiger partial charge in [0.05, 0.1) is 16.0 Å². The number of nitrogens with zero attached hydrogens (tertiary/aromatic N) is 3. The van der Waals surface area contributed by atoms with Crippen LogP contribution in [0.5, 0.6) is 0 Å². The number of anilines is 1. The molecule has 0 unspecified atom stereocenters. The Balaban J connectivity index is 1.42. The van der Waals surface area contributed by atoms with Crippen LogP contribution >= 0.6 is 23.1 Å². The van der Waals surface area contributed by atoms with Crippen LogP contribution < -0.4 is 10.00 Å². The van der Waals surface area contributed by atoms with Crippen LogP contribution in [0.4, 0.5) is 5.13 Å². The third kappa shape index (κ3) is 3.61. The Kier molecular flexibility index (Phi) is 4.68. The van der Waals surface area contributed by atoms with Gasteiger partial charge in [-0.15, -0.1) is 4.68 Å². The summed E-state index contributed by atoms with van der Waals surface area (Å²) in [5, 5.41) is 7.28. The fraction of sp³-hybridized carbons (Fsp3) is 0.111. The third-order valence-electron chi connectivity index (χ3n) is 3.69. The first-order valence-electron chi connectivity index (χ1n) is 8.00. The maximum Gasteiger partial charge on any atom is 0.385 e. The van der Waals surface area contributed by atoms with E-state index in [4.69, 9.17) is 0 Å². The van der Waals surface area contributed by atoms with Crippen LogP contribution in [-0.4, -0.2) is 26.7 Å². The number of thioether (sulfide) groups is 1. The molecule has 8 heteroatoms. The zero-order chi connectivity index (χ0) is 17.9. The van der Waals surface area contributed by atoms with E-state index in [0.29, 0.717) is 5.13 Å². The number of aromatic nitrogens is 4. The van der Waals surface area contributed by atoms with Gasteiger partial charge in [0, 0.05) is 0 Å². The van der Waals surface area contributed by atoms with Gasteiger partial charge >= 0.3 is 5.16 Å². The third-order valence-corrected chi connectivity index (χ3v) is 5.58. The van der Waals surface area contributed by atoms with Crippen molar-refractivity contribution in [3.05, 3.63) is 60.4 Å². The molecule has 2 aromatic heterocycles. The summed E-state index contributed by atoms with van der Waals surface area (Å²) in [6.45, 7) is 2.04. The number of hydrogen-bond acceptors (Lipinski definition) is 5. The van der Waals surface area contributed by atoms with Crippen molar-refractivity contribution in [3.63, 3.8) is 0 Å². The summed E-state index contributed by atoms with van der Waals surface area (Å²) in [5.74, 6) is 0.153. The Labute approximate surface area is 158 Å². The summed E-state index contributed by atoms with van der Waals surface area (Å²) >= 11 is 2.85. The van der Waals surface area contributed by atoms with E-state index in [2.05, 4.69) is 26.4 Å². The molecule has 1 amide bonds. The molecule has 0 saturated carbocycles. The first kappa shape index (κ1) is 16.7. The summed E-state index contributed by atoms with van der Waals surface area (Å²) < 4.78 is 2.92. The van der Waals surface area contributed by atoms with E-state index in [1.165, 1.54) is 28.7 Å². The molecule has 6 nitrogen and oxygen atoms in total. The van der Waals surface area contributed by atoms with E-state index in [1.807, 2.05) is 54.1 Å². The van der Waals surface area contributed by atoms with Crippen LogP contribution in [-0.2, 0) is 4.79 Å². The molecule has 0 aliphatic heterocycles. The summed E-state index contributed by atoms with van der Waals surface area (Å²) in [6, 6.07) is 15.9. The van der Waals surface area contributed by atoms with Crippen molar-refractivity contribution in [2.24, 2.45) is 0 Å². The SMILES string of the molecule is Cc1ccc2nc(NC(=O)CSc3nc[nH][n+]3-c3ccccc3)sc2c1. The molecule has 4 rings (SSSR count). The smallest absolute Gasteiger partial charge is 0.301 e. The minimum absolute atomic E-state index is 0.103. The lowest BCUT2D eigenvalue weighted by Crippen LogP contribution is -2.35.